The lowest BCUT2D eigenvalue weighted by atomic mass is 9.86. The molecule has 0 radical (unpaired) electrons. The Morgan fingerprint density at radius 2 is 1.93 bits per heavy atom. The summed E-state index contributed by atoms with van der Waals surface area (Å²) in [4.78, 5) is 14.0. The zero-order valence-corrected chi connectivity index (χ0v) is 9.59. The number of carbonyl (C=O) groups is 1. The van der Waals surface area contributed by atoms with Crippen LogP contribution >= 0.6 is 0 Å². The fourth-order valence-electron chi connectivity index (χ4n) is 2.28. The van der Waals surface area contributed by atoms with E-state index in [1.165, 1.54) is 19.3 Å². The SMILES string of the molecule is CCCN(C)CC(=O)C1CCCCC1. The average Bonchev–Trinajstić information content (AvgIpc) is 2.19. The summed E-state index contributed by atoms with van der Waals surface area (Å²) in [7, 11) is 2.05. The first kappa shape index (κ1) is 11.7. The Kier molecular flexibility index (Phi) is 5.16. The molecule has 0 saturated heterocycles. The quantitative estimate of drug-likeness (QED) is 0.675. The van der Waals surface area contributed by atoms with E-state index in [-0.39, 0.29) is 0 Å². The fraction of sp³-hybridized carbons (Fsp3) is 0.917. The van der Waals surface area contributed by atoms with Crippen LogP contribution in [-0.2, 0) is 4.79 Å². The highest BCUT2D eigenvalue weighted by atomic mass is 16.1. The van der Waals surface area contributed by atoms with Crippen molar-refractivity contribution in [2.75, 3.05) is 20.1 Å². The third-order valence-corrected chi connectivity index (χ3v) is 3.09. The molecule has 0 bridgehead atoms. The van der Waals surface area contributed by atoms with E-state index >= 15 is 0 Å². The first-order chi connectivity index (χ1) is 6.74. The summed E-state index contributed by atoms with van der Waals surface area (Å²) >= 11 is 0. The third kappa shape index (κ3) is 3.79. The summed E-state index contributed by atoms with van der Waals surface area (Å²) < 4.78 is 0. The summed E-state index contributed by atoms with van der Waals surface area (Å²) in [6.45, 7) is 3.86. The van der Waals surface area contributed by atoms with E-state index in [9.17, 15) is 4.79 Å². The van der Waals surface area contributed by atoms with Gasteiger partial charge in [-0.3, -0.25) is 9.69 Å². The van der Waals surface area contributed by atoms with Crippen LogP contribution in [0.2, 0.25) is 0 Å². The summed E-state index contributed by atoms with van der Waals surface area (Å²) in [5.74, 6) is 0.851. The third-order valence-electron chi connectivity index (χ3n) is 3.09. The van der Waals surface area contributed by atoms with Crippen molar-refractivity contribution in [3.63, 3.8) is 0 Å². The molecule has 0 spiro atoms. The molecule has 0 aliphatic heterocycles. The lowest BCUT2D eigenvalue weighted by Crippen LogP contribution is -2.31. The van der Waals surface area contributed by atoms with Crippen molar-refractivity contribution >= 4 is 5.78 Å². The first-order valence-electron chi connectivity index (χ1n) is 5.95. The number of ketones is 1. The zero-order valence-electron chi connectivity index (χ0n) is 9.59. The molecule has 0 unspecified atom stereocenters. The van der Waals surface area contributed by atoms with Gasteiger partial charge in [-0.25, -0.2) is 0 Å². The minimum atomic E-state index is 0.378. The van der Waals surface area contributed by atoms with Crippen molar-refractivity contribution in [1.29, 1.82) is 0 Å². The molecular formula is C12H23NO. The predicted molar refractivity (Wildman–Crippen MR) is 59.4 cm³/mol. The van der Waals surface area contributed by atoms with Crippen LogP contribution in [0.1, 0.15) is 45.4 Å². The number of hydrogen-bond donors (Lipinski definition) is 0. The van der Waals surface area contributed by atoms with E-state index in [1.54, 1.807) is 0 Å². The molecule has 1 fully saturated rings. The van der Waals surface area contributed by atoms with E-state index < -0.39 is 0 Å². The molecule has 14 heavy (non-hydrogen) atoms. The molecule has 2 nitrogen and oxygen atoms in total. The highest BCUT2D eigenvalue weighted by Crippen LogP contribution is 2.24. The van der Waals surface area contributed by atoms with E-state index in [0.29, 0.717) is 18.2 Å². The maximum atomic E-state index is 11.8. The minimum absolute atomic E-state index is 0.378. The van der Waals surface area contributed by atoms with Gasteiger partial charge in [-0.15, -0.1) is 0 Å². The van der Waals surface area contributed by atoms with Crippen molar-refractivity contribution in [2.45, 2.75) is 45.4 Å². The number of likely N-dealkylation sites (N-methyl/N-ethyl adjacent to an activating group) is 1. The van der Waals surface area contributed by atoms with Gasteiger partial charge in [0.25, 0.3) is 0 Å². The van der Waals surface area contributed by atoms with Gasteiger partial charge in [0.05, 0.1) is 6.54 Å². The molecule has 0 aromatic rings. The maximum Gasteiger partial charge on any atom is 0.149 e. The van der Waals surface area contributed by atoms with Crippen molar-refractivity contribution < 1.29 is 4.79 Å². The monoisotopic (exact) mass is 197 g/mol. The molecule has 1 aliphatic rings. The Bertz CT molecular complexity index is 173. The van der Waals surface area contributed by atoms with Gasteiger partial charge in [-0.05, 0) is 32.9 Å². The Morgan fingerprint density at radius 1 is 1.29 bits per heavy atom. The summed E-state index contributed by atoms with van der Waals surface area (Å²) in [5, 5.41) is 0. The Balaban J connectivity index is 2.25. The van der Waals surface area contributed by atoms with Gasteiger partial charge in [-0.1, -0.05) is 26.2 Å². The van der Waals surface area contributed by atoms with Crippen molar-refractivity contribution in [1.82, 2.24) is 4.90 Å². The van der Waals surface area contributed by atoms with Gasteiger partial charge >= 0.3 is 0 Å². The summed E-state index contributed by atoms with van der Waals surface area (Å²) in [6.07, 6.45) is 7.25. The highest BCUT2D eigenvalue weighted by Gasteiger charge is 2.21. The molecule has 1 saturated carbocycles. The van der Waals surface area contributed by atoms with E-state index in [2.05, 4.69) is 11.8 Å². The second-order valence-electron chi connectivity index (χ2n) is 4.54. The standard InChI is InChI=1S/C12H23NO/c1-3-9-13(2)10-12(14)11-7-5-4-6-8-11/h11H,3-10H2,1-2H3. The van der Waals surface area contributed by atoms with Crippen LogP contribution in [0.5, 0.6) is 0 Å². The van der Waals surface area contributed by atoms with Crippen LogP contribution in [-0.4, -0.2) is 30.8 Å². The number of nitrogens with zero attached hydrogens (tertiary/aromatic N) is 1. The Labute approximate surface area is 87.7 Å². The van der Waals surface area contributed by atoms with Crippen LogP contribution in [0, 0.1) is 5.92 Å². The molecule has 0 atom stereocenters. The molecule has 1 rings (SSSR count). The highest BCUT2D eigenvalue weighted by molar-refractivity contribution is 5.82. The second kappa shape index (κ2) is 6.18. The van der Waals surface area contributed by atoms with E-state index in [1.807, 2.05) is 7.05 Å². The summed E-state index contributed by atoms with van der Waals surface area (Å²) in [6, 6.07) is 0. The Hall–Kier alpha value is -0.370. The molecule has 0 heterocycles. The molecule has 2 heteroatoms. The second-order valence-corrected chi connectivity index (χ2v) is 4.54. The van der Waals surface area contributed by atoms with Gasteiger partial charge in [0.2, 0.25) is 0 Å². The van der Waals surface area contributed by atoms with Crippen molar-refractivity contribution in [3.8, 4) is 0 Å². The average molecular weight is 197 g/mol. The number of rotatable bonds is 5. The molecule has 0 N–H and O–H groups in total. The number of carbonyl (C=O) groups excluding carboxylic acids is 1. The van der Waals surface area contributed by atoms with E-state index in [0.717, 1.165) is 25.8 Å². The predicted octanol–water partition coefficient (Wildman–Crippen LogP) is 2.48. The lowest BCUT2D eigenvalue weighted by molar-refractivity contribution is -0.124. The largest absolute Gasteiger partial charge is 0.299 e. The Morgan fingerprint density at radius 3 is 2.50 bits per heavy atom. The van der Waals surface area contributed by atoms with E-state index in [4.69, 9.17) is 0 Å². The molecule has 1 aliphatic carbocycles. The number of hydrogen-bond acceptors (Lipinski definition) is 2. The summed E-state index contributed by atoms with van der Waals surface area (Å²) in [5.41, 5.74) is 0. The van der Waals surface area contributed by atoms with Gasteiger partial charge in [0, 0.05) is 5.92 Å². The lowest BCUT2D eigenvalue weighted by Gasteiger charge is -2.23. The van der Waals surface area contributed by atoms with Crippen molar-refractivity contribution in [3.05, 3.63) is 0 Å². The topological polar surface area (TPSA) is 20.3 Å². The van der Waals surface area contributed by atoms with Crippen LogP contribution in [0.4, 0.5) is 0 Å². The molecule has 82 valence electrons. The smallest absolute Gasteiger partial charge is 0.149 e. The number of Topliss-reactive ketones (excluding diaryl/α,β-unsaturated/α-hetero) is 1. The fourth-order valence-corrected chi connectivity index (χ4v) is 2.28. The molecule has 0 aromatic heterocycles. The molecular weight excluding hydrogens is 174 g/mol. The van der Waals surface area contributed by atoms with Gasteiger partial charge in [0.1, 0.15) is 5.78 Å². The van der Waals surface area contributed by atoms with Crippen molar-refractivity contribution in [2.24, 2.45) is 5.92 Å². The zero-order chi connectivity index (χ0) is 10.4. The molecule has 0 aromatic carbocycles. The van der Waals surface area contributed by atoms with Crippen LogP contribution in [0.15, 0.2) is 0 Å². The minimum Gasteiger partial charge on any atom is -0.299 e. The van der Waals surface area contributed by atoms with Gasteiger partial charge in [0.15, 0.2) is 0 Å². The van der Waals surface area contributed by atoms with Gasteiger partial charge < -0.3 is 0 Å². The maximum absolute atomic E-state index is 11.8. The van der Waals surface area contributed by atoms with Crippen LogP contribution in [0.3, 0.4) is 0 Å². The molecule has 0 amide bonds. The van der Waals surface area contributed by atoms with Crippen LogP contribution in [0.25, 0.3) is 0 Å². The first-order valence-corrected chi connectivity index (χ1v) is 5.95. The normalized spacial score (nSPS) is 18.8. The van der Waals surface area contributed by atoms with Crippen LogP contribution < -0.4 is 0 Å². The van der Waals surface area contributed by atoms with Gasteiger partial charge in [-0.2, -0.15) is 0 Å².